The van der Waals surface area contributed by atoms with Crippen molar-refractivity contribution in [2.24, 2.45) is 0 Å². The first-order valence-corrected chi connectivity index (χ1v) is 4.18. The molecule has 2 nitrogen and oxygen atoms in total. The number of carbonyl (C=O) groups is 1. The van der Waals surface area contributed by atoms with E-state index < -0.39 is 0 Å². The van der Waals surface area contributed by atoms with Gasteiger partial charge in [0.2, 0.25) is 0 Å². The number of aromatic nitrogens is 1. The van der Waals surface area contributed by atoms with Gasteiger partial charge in [-0.15, -0.1) is 0 Å². The Hall–Kier alpha value is -1.41. The van der Waals surface area contributed by atoms with Crippen LogP contribution in [0.4, 0.5) is 0 Å². The fourth-order valence-corrected chi connectivity index (χ4v) is 1.43. The molecule has 1 heterocycles. The summed E-state index contributed by atoms with van der Waals surface area (Å²) in [4.78, 5) is 14.6. The van der Waals surface area contributed by atoms with Crippen LogP contribution >= 0.6 is 11.6 Å². The molecule has 0 spiro atoms. The SMILES string of the molecule is O=Cc1nccc2ccc(Cl)cc12. The molecular formula is C10H6ClNO. The van der Waals surface area contributed by atoms with Crippen LogP contribution in [-0.4, -0.2) is 11.3 Å². The Balaban J connectivity index is 2.86. The van der Waals surface area contributed by atoms with E-state index in [1.165, 1.54) is 0 Å². The van der Waals surface area contributed by atoms with Crippen LogP contribution in [0.5, 0.6) is 0 Å². The zero-order valence-electron chi connectivity index (χ0n) is 6.70. The highest BCUT2D eigenvalue weighted by molar-refractivity contribution is 6.31. The van der Waals surface area contributed by atoms with Gasteiger partial charge in [-0.2, -0.15) is 0 Å². The lowest BCUT2D eigenvalue weighted by Crippen LogP contribution is -1.87. The Kier molecular flexibility index (Phi) is 1.99. The zero-order chi connectivity index (χ0) is 9.26. The van der Waals surface area contributed by atoms with Crippen LogP contribution in [0.15, 0.2) is 30.5 Å². The van der Waals surface area contributed by atoms with Crippen molar-refractivity contribution in [1.29, 1.82) is 0 Å². The van der Waals surface area contributed by atoms with Gasteiger partial charge in [0.25, 0.3) is 0 Å². The van der Waals surface area contributed by atoms with E-state index in [1.807, 2.05) is 12.1 Å². The van der Waals surface area contributed by atoms with Crippen LogP contribution in [0, 0.1) is 0 Å². The molecule has 2 aromatic rings. The minimum Gasteiger partial charge on any atom is -0.296 e. The molecule has 0 bridgehead atoms. The number of rotatable bonds is 1. The fraction of sp³-hybridized carbons (Fsp3) is 0. The molecule has 0 unspecified atom stereocenters. The van der Waals surface area contributed by atoms with E-state index in [9.17, 15) is 4.79 Å². The van der Waals surface area contributed by atoms with Gasteiger partial charge < -0.3 is 0 Å². The lowest BCUT2D eigenvalue weighted by Gasteiger charge is -1.99. The second-order valence-electron chi connectivity index (χ2n) is 2.68. The Bertz CT molecular complexity index is 467. The van der Waals surface area contributed by atoms with Crippen molar-refractivity contribution < 1.29 is 4.79 Å². The number of hydrogen-bond acceptors (Lipinski definition) is 2. The van der Waals surface area contributed by atoms with Crippen LogP contribution in [0.2, 0.25) is 5.02 Å². The largest absolute Gasteiger partial charge is 0.296 e. The van der Waals surface area contributed by atoms with Crippen molar-refractivity contribution >= 4 is 28.7 Å². The smallest absolute Gasteiger partial charge is 0.169 e. The highest BCUT2D eigenvalue weighted by Gasteiger charge is 2.00. The molecule has 0 amide bonds. The quantitative estimate of drug-likeness (QED) is 0.649. The summed E-state index contributed by atoms with van der Waals surface area (Å²) in [5.74, 6) is 0. The third-order valence-corrected chi connectivity index (χ3v) is 2.11. The topological polar surface area (TPSA) is 30.0 Å². The molecule has 0 radical (unpaired) electrons. The summed E-state index contributed by atoms with van der Waals surface area (Å²) < 4.78 is 0. The summed E-state index contributed by atoms with van der Waals surface area (Å²) in [5, 5.41) is 2.38. The zero-order valence-corrected chi connectivity index (χ0v) is 7.45. The number of hydrogen-bond donors (Lipinski definition) is 0. The van der Waals surface area contributed by atoms with Crippen molar-refractivity contribution in [3.63, 3.8) is 0 Å². The lowest BCUT2D eigenvalue weighted by molar-refractivity contribution is 0.112. The third kappa shape index (κ3) is 1.40. The molecule has 2 rings (SSSR count). The molecule has 3 heteroatoms. The molecule has 0 saturated carbocycles. The van der Waals surface area contributed by atoms with Gasteiger partial charge >= 0.3 is 0 Å². The number of aldehydes is 1. The summed E-state index contributed by atoms with van der Waals surface area (Å²) >= 11 is 5.80. The number of pyridine rings is 1. The first-order chi connectivity index (χ1) is 6.31. The second kappa shape index (κ2) is 3.15. The predicted octanol–water partition coefficient (Wildman–Crippen LogP) is 2.70. The normalized spacial score (nSPS) is 10.2. The first kappa shape index (κ1) is 8.20. The van der Waals surface area contributed by atoms with Gasteiger partial charge in [0.1, 0.15) is 5.69 Å². The Morgan fingerprint density at radius 3 is 2.92 bits per heavy atom. The number of fused-ring (bicyclic) bond motifs is 1. The summed E-state index contributed by atoms with van der Waals surface area (Å²) in [7, 11) is 0. The highest BCUT2D eigenvalue weighted by Crippen LogP contribution is 2.20. The van der Waals surface area contributed by atoms with Crippen molar-refractivity contribution in [3.8, 4) is 0 Å². The summed E-state index contributed by atoms with van der Waals surface area (Å²) in [6.07, 6.45) is 2.35. The van der Waals surface area contributed by atoms with Gasteiger partial charge in [0.15, 0.2) is 6.29 Å². The van der Waals surface area contributed by atoms with Crippen molar-refractivity contribution in [1.82, 2.24) is 4.98 Å². The van der Waals surface area contributed by atoms with E-state index in [0.717, 1.165) is 17.1 Å². The van der Waals surface area contributed by atoms with Crippen molar-refractivity contribution in [3.05, 3.63) is 41.2 Å². The monoisotopic (exact) mass is 191 g/mol. The number of carbonyl (C=O) groups excluding carboxylic acids is 1. The standard InChI is InChI=1S/C10H6ClNO/c11-8-2-1-7-3-4-12-10(6-13)9(7)5-8/h1-6H. The second-order valence-corrected chi connectivity index (χ2v) is 3.12. The van der Waals surface area contributed by atoms with E-state index in [4.69, 9.17) is 11.6 Å². The molecular weight excluding hydrogens is 186 g/mol. The minimum atomic E-state index is 0.431. The number of halogens is 1. The molecule has 0 N–H and O–H groups in total. The molecule has 0 aliphatic heterocycles. The molecule has 1 aromatic carbocycles. The Morgan fingerprint density at radius 1 is 1.31 bits per heavy atom. The average molecular weight is 192 g/mol. The average Bonchev–Trinajstić information content (AvgIpc) is 2.17. The Morgan fingerprint density at radius 2 is 2.15 bits per heavy atom. The van der Waals surface area contributed by atoms with Crippen molar-refractivity contribution in [2.45, 2.75) is 0 Å². The summed E-state index contributed by atoms with van der Waals surface area (Å²) in [6, 6.07) is 7.25. The van der Waals surface area contributed by atoms with Crippen LogP contribution in [-0.2, 0) is 0 Å². The molecule has 13 heavy (non-hydrogen) atoms. The minimum absolute atomic E-state index is 0.431. The van der Waals surface area contributed by atoms with E-state index in [1.54, 1.807) is 18.3 Å². The van der Waals surface area contributed by atoms with Crippen LogP contribution in [0.3, 0.4) is 0 Å². The van der Waals surface area contributed by atoms with E-state index in [2.05, 4.69) is 4.98 Å². The maximum atomic E-state index is 10.6. The maximum absolute atomic E-state index is 10.6. The Labute approximate surface area is 80.2 Å². The van der Waals surface area contributed by atoms with Crippen LogP contribution in [0.25, 0.3) is 10.8 Å². The van der Waals surface area contributed by atoms with E-state index in [-0.39, 0.29) is 0 Å². The van der Waals surface area contributed by atoms with Gasteiger partial charge in [-0.1, -0.05) is 17.7 Å². The van der Waals surface area contributed by atoms with Gasteiger partial charge in [0.05, 0.1) is 0 Å². The molecule has 0 aliphatic rings. The first-order valence-electron chi connectivity index (χ1n) is 3.81. The van der Waals surface area contributed by atoms with Crippen LogP contribution in [0.1, 0.15) is 10.5 Å². The highest BCUT2D eigenvalue weighted by atomic mass is 35.5. The lowest BCUT2D eigenvalue weighted by atomic mass is 10.1. The number of nitrogens with zero attached hydrogens (tertiary/aromatic N) is 1. The third-order valence-electron chi connectivity index (χ3n) is 1.87. The van der Waals surface area contributed by atoms with E-state index in [0.29, 0.717) is 10.7 Å². The molecule has 0 atom stereocenters. The summed E-state index contributed by atoms with van der Waals surface area (Å²) in [6.45, 7) is 0. The predicted molar refractivity (Wildman–Crippen MR) is 52.1 cm³/mol. The molecule has 0 saturated heterocycles. The van der Waals surface area contributed by atoms with Gasteiger partial charge in [-0.3, -0.25) is 9.78 Å². The maximum Gasteiger partial charge on any atom is 0.169 e. The van der Waals surface area contributed by atoms with Gasteiger partial charge in [0, 0.05) is 16.6 Å². The van der Waals surface area contributed by atoms with Gasteiger partial charge in [-0.05, 0) is 23.6 Å². The molecule has 64 valence electrons. The van der Waals surface area contributed by atoms with Crippen molar-refractivity contribution in [2.75, 3.05) is 0 Å². The van der Waals surface area contributed by atoms with Crippen LogP contribution < -0.4 is 0 Å². The molecule has 0 fully saturated rings. The summed E-state index contributed by atoms with van der Waals surface area (Å²) in [5.41, 5.74) is 0.431. The van der Waals surface area contributed by atoms with E-state index >= 15 is 0 Å². The molecule has 0 aliphatic carbocycles. The molecule has 1 aromatic heterocycles. The fourth-order valence-electron chi connectivity index (χ4n) is 1.26. The van der Waals surface area contributed by atoms with Gasteiger partial charge in [-0.25, -0.2) is 0 Å². The number of benzene rings is 1.